The standard InChI is InChI=1S/C12H13FN4O2/c13-10-5-9(6-15-7-10)8-16-3-1-11(18)17(4-2-14)12(16)19/h1,3,5-7H,2,4,8,14H2. The predicted molar refractivity (Wildman–Crippen MR) is 67.3 cm³/mol. The van der Waals surface area contributed by atoms with E-state index in [1.165, 1.54) is 29.1 Å². The summed E-state index contributed by atoms with van der Waals surface area (Å²) in [5.74, 6) is -0.471. The summed E-state index contributed by atoms with van der Waals surface area (Å²) in [6.45, 7) is 0.495. The molecule has 2 heterocycles. The van der Waals surface area contributed by atoms with Gasteiger partial charge in [-0.2, -0.15) is 0 Å². The Kier molecular flexibility index (Phi) is 3.86. The summed E-state index contributed by atoms with van der Waals surface area (Å²) in [5, 5.41) is 0. The second-order valence-corrected chi connectivity index (χ2v) is 4.02. The average molecular weight is 264 g/mol. The zero-order valence-corrected chi connectivity index (χ0v) is 10.1. The summed E-state index contributed by atoms with van der Waals surface area (Å²) in [4.78, 5) is 27.2. The molecule has 2 rings (SSSR count). The summed E-state index contributed by atoms with van der Waals surface area (Å²) >= 11 is 0. The van der Waals surface area contributed by atoms with Crippen LogP contribution in [0.1, 0.15) is 5.56 Å². The summed E-state index contributed by atoms with van der Waals surface area (Å²) < 4.78 is 15.4. The van der Waals surface area contributed by atoms with Crippen molar-refractivity contribution in [1.29, 1.82) is 0 Å². The van der Waals surface area contributed by atoms with Gasteiger partial charge in [0.1, 0.15) is 5.82 Å². The van der Waals surface area contributed by atoms with Crippen LogP contribution in [0.25, 0.3) is 0 Å². The Morgan fingerprint density at radius 2 is 2.11 bits per heavy atom. The van der Waals surface area contributed by atoms with E-state index in [-0.39, 0.29) is 19.6 Å². The number of nitrogens with zero attached hydrogens (tertiary/aromatic N) is 3. The topological polar surface area (TPSA) is 82.9 Å². The highest BCUT2D eigenvalue weighted by Gasteiger charge is 2.05. The van der Waals surface area contributed by atoms with Gasteiger partial charge in [-0.3, -0.25) is 18.9 Å². The van der Waals surface area contributed by atoms with E-state index in [2.05, 4.69) is 4.98 Å². The first-order valence-corrected chi connectivity index (χ1v) is 5.71. The van der Waals surface area contributed by atoms with E-state index in [0.29, 0.717) is 5.56 Å². The maximum absolute atomic E-state index is 13.0. The molecule has 0 bridgehead atoms. The van der Waals surface area contributed by atoms with Crippen molar-refractivity contribution >= 4 is 0 Å². The van der Waals surface area contributed by atoms with Crippen LogP contribution < -0.4 is 17.0 Å². The van der Waals surface area contributed by atoms with Crippen molar-refractivity contribution in [2.45, 2.75) is 13.1 Å². The molecule has 19 heavy (non-hydrogen) atoms. The fourth-order valence-electron chi connectivity index (χ4n) is 1.75. The number of rotatable bonds is 4. The van der Waals surface area contributed by atoms with Crippen LogP contribution in [0.5, 0.6) is 0 Å². The molecule has 0 unspecified atom stereocenters. The lowest BCUT2D eigenvalue weighted by molar-refractivity contribution is 0.575. The SMILES string of the molecule is NCCn1c(=O)ccn(Cc2cncc(F)c2)c1=O. The highest BCUT2D eigenvalue weighted by Crippen LogP contribution is 2.01. The largest absolute Gasteiger partial charge is 0.331 e. The van der Waals surface area contributed by atoms with Crippen LogP contribution in [0.15, 0.2) is 40.3 Å². The third-order valence-electron chi connectivity index (χ3n) is 2.61. The second kappa shape index (κ2) is 5.57. The molecule has 2 aromatic heterocycles. The molecule has 100 valence electrons. The molecule has 7 heteroatoms. The third-order valence-corrected chi connectivity index (χ3v) is 2.61. The van der Waals surface area contributed by atoms with Gasteiger partial charge in [-0.05, 0) is 11.6 Å². The first-order chi connectivity index (χ1) is 9.11. The molecule has 0 amide bonds. The minimum atomic E-state index is -0.471. The van der Waals surface area contributed by atoms with Gasteiger partial charge < -0.3 is 5.73 Å². The van der Waals surface area contributed by atoms with Crippen LogP contribution in [0.3, 0.4) is 0 Å². The molecular weight excluding hydrogens is 251 g/mol. The minimum Gasteiger partial charge on any atom is -0.329 e. The first kappa shape index (κ1) is 13.2. The Balaban J connectivity index is 2.39. The van der Waals surface area contributed by atoms with Crippen molar-refractivity contribution < 1.29 is 4.39 Å². The highest BCUT2D eigenvalue weighted by molar-refractivity contribution is 5.10. The molecule has 6 nitrogen and oxygen atoms in total. The number of pyridine rings is 1. The Bertz CT molecular complexity index is 693. The Morgan fingerprint density at radius 3 is 2.79 bits per heavy atom. The van der Waals surface area contributed by atoms with Crippen LogP contribution >= 0.6 is 0 Å². The molecule has 0 aliphatic heterocycles. The quantitative estimate of drug-likeness (QED) is 0.811. The van der Waals surface area contributed by atoms with Crippen LogP contribution in [0, 0.1) is 5.82 Å². The van der Waals surface area contributed by atoms with Gasteiger partial charge in [0.2, 0.25) is 0 Å². The zero-order valence-electron chi connectivity index (χ0n) is 10.1. The van der Waals surface area contributed by atoms with Gasteiger partial charge in [0, 0.05) is 31.5 Å². The lowest BCUT2D eigenvalue weighted by Crippen LogP contribution is -2.40. The zero-order chi connectivity index (χ0) is 13.8. The molecule has 0 atom stereocenters. The molecule has 0 aromatic carbocycles. The van der Waals surface area contributed by atoms with E-state index in [4.69, 9.17) is 5.73 Å². The van der Waals surface area contributed by atoms with Crippen molar-refractivity contribution in [3.63, 3.8) is 0 Å². The Labute approximate surface area is 107 Å². The van der Waals surface area contributed by atoms with E-state index >= 15 is 0 Å². The smallest absolute Gasteiger partial charge is 0.329 e. The van der Waals surface area contributed by atoms with Gasteiger partial charge in [-0.25, -0.2) is 9.18 Å². The molecule has 0 aliphatic carbocycles. The van der Waals surface area contributed by atoms with E-state index in [1.807, 2.05) is 0 Å². The number of aromatic nitrogens is 3. The lowest BCUT2D eigenvalue weighted by atomic mass is 10.3. The molecule has 0 aliphatic rings. The van der Waals surface area contributed by atoms with Gasteiger partial charge >= 0.3 is 5.69 Å². The summed E-state index contributed by atoms with van der Waals surface area (Å²) in [7, 11) is 0. The van der Waals surface area contributed by atoms with Gasteiger partial charge in [0.05, 0.1) is 12.7 Å². The minimum absolute atomic E-state index is 0.147. The lowest BCUT2D eigenvalue weighted by Gasteiger charge is -2.08. The fraction of sp³-hybridized carbons (Fsp3) is 0.250. The van der Waals surface area contributed by atoms with Gasteiger partial charge in [-0.1, -0.05) is 0 Å². The average Bonchev–Trinajstić information content (AvgIpc) is 2.38. The molecule has 0 saturated heterocycles. The molecule has 2 N–H and O–H groups in total. The first-order valence-electron chi connectivity index (χ1n) is 5.71. The fourth-order valence-corrected chi connectivity index (χ4v) is 1.75. The van der Waals surface area contributed by atoms with Crippen LogP contribution in [-0.2, 0) is 13.1 Å². The Morgan fingerprint density at radius 1 is 1.32 bits per heavy atom. The van der Waals surface area contributed by atoms with Crippen LogP contribution in [0.2, 0.25) is 0 Å². The summed E-state index contributed by atoms with van der Waals surface area (Å²) in [6, 6.07) is 2.57. The molecular formula is C12H13FN4O2. The van der Waals surface area contributed by atoms with Crippen molar-refractivity contribution in [1.82, 2.24) is 14.1 Å². The van der Waals surface area contributed by atoms with Gasteiger partial charge in [0.25, 0.3) is 5.56 Å². The third kappa shape index (κ3) is 2.94. The Hall–Kier alpha value is -2.28. The van der Waals surface area contributed by atoms with Crippen molar-refractivity contribution in [2.75, 3.05) is 6.54 Å². The van der Waals surface area contributed by atoms with E-state index in [9.17, 15) is 14.0 Å². The second-order valence-electron chi connectivity index (χ2n) is 4.02. The van der Waals surface area contributed by atoms with E-state index in [1.54, 1.807) is 0 Å². The normalized spacial score (nSPS) is 10.6. The maximum atomic E-state index is 13.0. The van der Waals surface area contributed by atoms with Crippen molar-refractivity contribution in [2.24, 2.45) is 5.73 Å². The molecule has 0 radical (unpaired) electrons. The number of halogens is 1. The molecule has 2 aromatic rings. The highest BCUT2D eigenvalue weighted by atomic mass is 19.1. The number of hydrogen-bond donors (Lipinski definition) is 1. The monoisotopic (exact) mass is 264 g/mol. The van der Waals surface area contributed by atoms with Gasteiger partial charge in [0.15, 0.2) is 0 Å². The number of hydrogen-bond acceptors (Lipinski definition) is 4. The van der Waals surface area contributed by atoms with E-state index in [0.717, 1.165) is 10.8 Å². The summed E-state index contributed by atoms with van der Waals surface area (Å²) in [5.41, 5.74) is 5.03. The number of nitrogens with two attached hydrogens (primary N) is 1. The van der Waals surface area contributed by atoms with Crippen molar-refractivity contribution in [3.8, 4) is 0 Å². The van der Waals surface area contributed by atoms with Crippen LogP contribution in [0.4, 0.5) is 4.39 Å². The predicted octanol–water partition coefficient (Wildman–Crippen LogP) is -0.449. The van der Waals surface area contributed by atoms with E-state index < -0.39 is 17.1 Å². The molecule has 0 saturated carbocycles. The molecule has 0 spiro atoms. The van der Waals surface area contributed by atoms with Crippen LogP contribution in [-0.4, -0.2) is 20.7 Å². The van der Waals surface area contributed by atoms with Crippen molar-refractivity contribution in [3.05, 3.63) is 62.9 Å². The maximum Gasteiger partial charge on any atom is 0.331 e. The molecule has 0 fully saturated rings. The van der Waals surface area contributed by atoms with Gasteiger partial charge in [-0.15, -0.1) is 0 Å². The summed E-state index contributed by atoms with van der Waals surface area (Å²) in [6.07, 6.45) is 3.93.